The fourth-order valence-corrected chi connectivity index (χ4v) is 4.32. The van der Waals surface area contributed by atoms with Crippen LogP contribution in [0.4, 0.5) is 8.78 Å². The van der Waals surface area contributed by atoms with Crippen LogP contribution in [0.5, 0.6) is 5.75 Å². The van der Waals surface area contributed by atoms with Gasteiger partial charge in [0.2, 0.25) is 5.43 Å². The van der Waals surface area contributed by atoms with Gasteiger partial charge in [-0.3, -0.25) is 24.1 Å². The summed E-state index contributed by atoms with van der Waals surface area (Å²) in [6, 6.07) is 2.90. The van der Waals surface area contributed by atoms with Crippen molar-refractivity contribution in [3.8, 4) is 5.75 Å². The largest absolute Gasteiger partial charge is 0.502 e. The van der Waals surface area contributed by atoms with Crippen molar-refractivity contribution >= 4 is 11.8 Å². The molecule has 1 aromatic heterocycles. The molecule has 10 nitrogen and oxygen atoms in total. The number of nitrogens with one attached hydrogen (secondary N) is 1. The number of fused-ring (bicyclic) bond motifs is 1. The average Bonchev–Trinajstić information content (AvgIpc) is 3.29. The maximum atomic E-state index is 13.9. The van der Waals surface area contributed by atoms with Crippen LogP contribution in [0.2, 0.25) is 0 Å². The third-order valence-corrected chi connectivity index (χ3v) is 6.24. The van der Waals surface area contributed by atoms with Crippen LogP contribution in [0.25, 0.3) is 0 Å². The molecule has 0 bridgehead atoms. The molecule has 0 aliphatic carbocycles. The second-order valence-electron chi connectivity index (χ2n) is 8.09. The summed E-state index contributed by atoms with van der Waals surface area (Å²) in [4.78, 5) is 40.4. The molecule has 1 atom stereocenters. The molecule has 2 aromatic rings. The van der Waals surface area contributed by atoms with Gasteiger partial charge in [0.25, 0.3) is 11.8 Å². The lowest BCUT2D eigenvalue weighted by Crippen LogP contribution is -2.70. The second-order valence-corrected chi connectivity index (χ2v) is 8.09. The van der Waals surface area contributed by atoms with E-state index in [1.54, 1.807) is 12.1 Å². The van der Waals surface area contributed by atoms with Gasteiger partial charge in [-0.05, 0) is 6.07 Å². The summed E-state index contributed by atoms with van der Waals surface area (Å²) < 4.78 is 39.0. The number of hydrogen-bond donors (Lipinski definition) is 2. The predicted molar refractivity (Wildman–Crippen MR) is 115 cm³/mol. The van der Waals surface area contributed by atoms with Gasteiger partial charge in [0.15, 0.2) is 17.1 Å². The molecule has 0 saturated carbocycles. The number of amides is 2. The molecule has 4 rings (SSSR count). The van der Waals surface area contributed by atoms with E-state index in [0.29, 0.717) is 19.1 Å². The lowest BCUT2D eigenvalue weighted by atomic mass is 10.0. The lowest BCUT2D eigenvalue weighted by Gasteiger charge is -2.51. The number of carbonyl (C=O) groups excluding carboxylic acids is 2. The van der Waals surface area contributed by atoms with E-state index in [4.69, 9.17) is 9.47 Å². The van der Waals surface area contributed by atoms with Crippen molar-refractivity contribution in [1.29, 1.82) is 0 Å². The molecular weight excluding hydrogens is 454 g/mol. The molecule has 3 heterocycles. The Hall–Kier alpha value is -3.51. The van der Waals surface area contributed by atoms with E-state index in [0.717, 1.165) is 6.07 Å². The van der Waals surface area contributed by atoms with E-state index in [9.17, 15) is 28.3 Å². The topological polar surface area (TPSA) is 113 Å². The van der Waals surface area contributed by atoms with E-state index in [1.165, 1.54) is 28.9 Å². The van der Waals surface area contributed by atoms with Gasteiger partial charge in [-0.15, -0.1) is 0 Å². The Morgan fingerprint density at radius 1 is 1.32 bits per heavy atom. The molecule has 1 aromatic carbocycles. The van der Waals surface area contributed by atoms with Crippen molar-refractivity contribution in [2.45, 2.75) is 18.6 Å². The molecule has 2 N–H and O–H groups in total. The van der Waals surface area contributed by atoms with Crippen molar-refractivity contribution in [3.63, 3.8) is 0 Å². The zero-order valence-corrected chi connectivity index (χ0v) is 18.6. The first-order valence-electron chi connectivity index (χ1n) is 10.5. The van der Waals surface area contributed by atoms with Crippen LogP contribution in [0, 0.1) is 11.6 Å². The van der Waals surface area contributed by atoms with Crippen LogP contribution in [0.3, 0.4) is 0 Å². The molecule has 2 amide bonds. The highest BCUT2D eigenvalue weighted by Gasteiger charge is 2.52. The Labute approximate surface area is 193 Å². The van der Waals surface area contributed by atoms with Gasteiger partial charge in [0.1, 0.15) is 17.2 Å². The normalized spacial score (nSPS) is 19.6. The predicted octanol–water partition coefficient (Wildman–Crippen LogP) is 0.549. The molecule has 2 aliphatic heterocycles. The summed E-state index contributed by atoms with van der Waals surface area (Å²) >= 11 is 0. The van der Waals surface area contributed by atoms with Crippen molar-refractivity contribution in [3.05, 3.63) is 63.1 Å². The highest BCUT2D eigenvalue weighted by Crippen LogP contribution is 2.35. The highest BCUT2D eigenvalue weighted by molar-refractivity contribution is 5.99. The Morgan fingerprint density at radius 3 is 2.74 bits per heavy atom. The highest BCUT2D eigenvalue weighted by atomic mass is 19.1. The number of likely N-dealkylation sites (N-methyl/N-ethyl adjacent to an activating group) is 1. The monoisotopic (exact) mass is 478 g/mol. The fraction of sp³-hybridized carbons (Fsp3) is 0.409. The molecule has 0 radical (unpaired) electrons. The van der Waals surface area contributed by atoms with E-state index in [2.05, 4.69) is 5.32 Å². The Morgan fingerprint density at radius 2 is 2.09 bits per heavy atom. The van der Waals surface area contributed by atoms with Gasteiger partial charge >= 0.3 is 0 Å². The van der Waals surface area contributed by atoms with Gasteiger partial charge < -0.3 is 24.8 Å². The molecule has 1 saturated heterocycles. The van der Waals surface area contributed by atoms with Gasteiger partial charge in [-0.1, -0.05) is 6.07 Å². The number of aromatic nitrogens is 1. The van der Waals surface area contributed by atoms with E-state index >= 15 is 0 Å². The minimum Gasteiger partial charge on any atom is -0.502 e. The van der Waals surface area contributed by atoms with E-state index < -0.39 is 45.9 Å². The molecule has 2 aliphatic rings. The van der Waals surface area contributed by atoms with Crippen molar-refractivity contribution < 1.29 is 33.0 Å². The number of halogens is 2. The first-order chi connectivity index (χ1) is 16.2. The minimum atomic E-state index is -1.05. The number of pyridine rings is 1. The standard InChI is InChI=1S/C22H24F2N4O6/c1-26-22(5-7-34-12-22)27(6-8-33-2)21(32)17-19(30)18(29)15(11-28(17)26)20(31)25-10-13-3-4-14(23)9-16(13)24/h3-4,9,11,30H,5-8,10,12H2,1-2H3,(H,25,31). The third-order valence-electron chi connectivity index (χ3n) is 6.24. The molecule has 12 heteroatoms. The quantitative estimate of drug-likeness (QED) is 0.624. The maximum Gasteiger partial charge on any atom is 0.278 e. The smallest absolute Gasteiger partial charge is 0.278 e. The summed E-state index contributed by atoms with van der Waals surface area (Å²) in [6.45, 7) is 0.676. The first kappa shape index (κ1) is 23.6. The van der Waals surface area contributed by atoms with E-state index in [1.807, 2.05) is 0 Å². The Balaban J connectivity index is 1.70. The summed E-state index contributed by atoms with van der Waals surface area (Å²) in [7, 11) is 3.15. The van der Waals surface area contributed by atoms with Crippen molar-refractivity contribution in [1.82, 2.24) is 14.9 Å². The number of methoxy groups -OCH3 is 1. The molecule has 1 unspecified atom stereocenters. The van der Waals surface area contributed by atoms with Crippen molar-refractivity contribution in [2.75, 3.05) is 45.5 Å². The van der Waals surface area contributed by atoms with Crippen LogP contribution in [0.1, 0.15) is 32.8 Å². The molecule has 34 heavy (non-hydrogen) atoms. The minimum absolute atomic E-state index is 0.0140. The second kappa shape index (κ2) is 9.03. The van der Waals surface area contributed by atoms with Crippen LogP contribution in [0.15, 0.2) is 29.2 Å². The molecular formula is C22H24F2N4O6. The van der Waals surface area contributed by atoms with Crippen LogP contribution in [-0.4, -0.2) is 72.7 Å². The van der Waals surface area contributed by atoms with Crippen LogP contribution in [-0.2, 0) is 16.0 Å². The van der Waals surface area contributed by atoms with Crippen molar-refractivity contribution in [2.24, 2.45) is 0 Å². The fourth-order valence-electron chi connectivity index (χ4n) is 4.32. The Bertz CT molecular complexity index is 1190. The number of benzene rings is 1. The van der Waals surface area contributed by atoms with Crippen LogP contribution < -0.4 is 15.8 Å². The summed E-state index contributed by atoms with van der Waals surface area (Å²) in [6.07, 6.45) is 1.62. The average molecular weight is 478 g/mol. The zero-order valence-electron chi connectivity index (χ0n) is 18.6. The number of hydrogen-bond acceptors (Lipinski definition) is 7. The first-order valence-corrected chi connectivity index (χ1v) is 10.5. The van der Waals surface area contributed by atoms with Gasteiger partial charge in [0, 0.05) is 51.5 Å². The number of rotatable bonds is 6. The molecule has 1 spiro atoms. The molecule has 182 valence electrons. The van der Waals surface area contributed by atoms with Gasteiger partial charge in [-0.25, -0.2) is 8.78 Å². The van der Waals surface area contributed by atoms with E-state index in [-0.39, 0.29) is 37.6 Å². The summed E-state index contributed by atoms with van der Waals surface area (Å²) in [5, 5.41) is 14.7. The number of nitrogens with zero attached hydrogens (tertiary/aromatic N) is 3. The number of carbonyl (C=O) groups is 2. The van der Waals surface area contributed by atoms with Gasteiger partial charge in [0.05, 0.1) is 19.8 Å². The summed E-state index contributed by atoms with van der Waals surface area (Å²) in [5.41, 5.74) is -2.67. The summed E-state index contributed by atoms with van der Waals surface area (Å²) in [5.74, 6) is -3.99. The third kappa shape index (κ3) is 3.78. The Kier molecular flexibility index (Phi) is 6.28. The van der Waals surface area contributed by atoms with Crippen LogP contribution >= 0.6 is 0 Å². The number of ether oxygens (including phenoxy) is 2. The lowest BCUT2D eigenvalue weighted by molar-refractivity contribution is 0.0127. The SMILES string of the molecule is COCCN1C(=O)c2c(O)c(=O)c(C(=O)NCc3ccc(F)cc3F)cn2N(C)C12CCOC2. The molecule has 1 fully saturated rings. The van der Waals surface area contributed by atoms with Gasteiger partial charge in [-0.2, -0.15) is 0 Å². The zero-order chi connectivity index (χ0) is 24.6. The number of aromatic hydroxyl groups is 1. The maximum absolute atomic E-state index is 13.9.